The van der Waals surface area contributed by atoms with Gasteiger partial charge in [-0.25, -0.2) is 0 Å². The second-order valence-electron chi connectivity index (χ2n) is 4.30. The number of nitrogens with one attached hydrogen (secondary N) is 1. The predicted molar refractivity (Wildman–Crippen MR) is 75.7 cm³/mol. The van der Waals surface area contributed by atoms with Gasteiger partial charge in [0.1, 0.15) is 0 Å². The second kappa shape index (κ2) is 6.06. The molecule has 0 atom stereocenters. The summed E-state index contributed by atoms with van der Waals surface area (Å²) in [6, 6.07) is 5.18. The zero-order chi connectivity index (χ0) is 13.8. The van der Waals surface area contributed by atoms with Crippen LogP contribution in [0.3, 0.4) is 0 Å². The Kier molecular flexibility index (Phi) is 4.98. The summed E-state index contributed by atoms with van der Waals surface area (Å²) >= 11 is 0. The van der Waals surface area contributed by atoms with E-state index in [0.717, 1.165) is 18.4 Å². The van der Waals surface area contributed by atoms with E-state index < -0.39 is 10.2 Å². The first kappa shape index (κ1) is 14.8. The van der Waals surface area contributed by atoms with Crippen molar-refractivity contribution in [3.05, 3.63) is 23.8 Å². The Morgan fingerprint density at radius 2 is 2.06 bits per heavy atom. The standard InChI is InChI=1S/C12H21N3O2S/c1-4-5-9-15(3)18(16,17)14-12-8-6-7-11(13)10(12)2/h6-8,14H,4-5,9,13H2,1-3H3. The Morgan fingerprint density at radius 1 is 1.39 bits per heavy atom. The summed E-state index contributed by atoms with van der Waals surface area (Å²) in [5.41, 5.74) is 7.59. The van der Waals surface area contributed by atoms with E-state index in [2.05, 4.69) is 4.72 Å². The van der Waals surface area contributed by atoms with Gasteiger partial charge in [0.05, 0.1) is 5.69 Å². The molecule has 0 unspecified atom stereocenters. The van der Waals surface area contributed by atoms with E-state index in [1.54, 1.807) is 32.2 Å². The number of anilines is 2. The molecule has 0 bridgehead atoms. The zero-order valence-electron chi connectivity index (χ0n) is 11.1. The van der Waals surface area contributed by atoms with Crippen molar-refractivity contribution in [2.24, 2.45) is 0 Å². The van der Waals surface area contributed by atoms with Crippen LogP contribution in [-0.2, 0) is 10.2 Å². The van der Waals surface area contributed by atoms with E-state index in [-0.39, 0.29) is 0 Å². The third-order valence-electron chi connectivity index (χ3n) is 2.85. The minimum atomic E-state index is -3.50. The third kappa shape index (κ3) is 3.61. The number of nitrogens with zero attached hydrogens (tertiary/aromatic N) is 1. The topological polar surface area (TPSA) is 75.4 Å². The summed E-state index contributed by atoms with van der Waals surface area (Å²) in [4.78, 5) is 0. The predicted octanol–water partition coefficient (Wildman–Crippen LogP) is 1.97. The maximum Gasteiger partial charge on any atom is 0.301 e. The highest BCUT2D eigenvalue weighted by Gasteiger charge is 2.17. The van der Waals surface area contributed by atoms with Gasteiger partial charge in [-0.15, -0.1) is 0 Å². The van der Waals surface area contributed by atoms with Crippen LogP contribution in [0, 0.1) is 6.92 Å². The van der Waals surface area contributed by atoms with Crippen LogP contribution in [0.15, 0.2) is 18.2 Å². The van der Waals surface area contributed by atoms with Crippen LogP contribution in [-0.4, -0.2) is 26.3 Å². The van der Waals surface area contributed by atoms with E-state index in [9.17, 15) is 8.42 Å². The van der Waals surface area contributed by atoms with Crippen LogP contribution in [0.2, 0.25) is 0 Å². The van der Waals surface area contributed by atoms with Gasteiger partial charge in [-0.2, -0.15) is 12.7 Å². The van der Waals surface area contributed by atoms with Gasteiger partial charge in [0, 0.05) is 19.3 Å². The van der Waals surface area contributed by atoms with Crippen molar-refractivity contribution in [2.45, 2.75) is 26.7 Å². The van der Waals surface area contributed by atoms with Gasteiger partial charge in [0.15, 0.2) is 0 Å². The van der Waals surface area contributed by atoms with Crippen molar-refractivity contribution in [3.63, 3.8) is 0 Å². The molecule has 0 heterocycles. The van der Waals surface area contributed by atoms with Gasteiger partial charge < -0.3 is 5.73 Å². The van der Waals surface area contributed by atoms with Gasteiger partial charge >= 0.3 is 10.2 Å². The van der Waals surface area contributed by atoms with Crippen molar-refractivity contribution in [2.75, 3.05) is 24.0 Å². The summed E-state index contributed by atoms with van der Waals surface area (Å²) in [5, 5.41) is 0. The fourth-order valence-corrected chi connectivity index (χ4v) is 2.51. The van der Waals surface area contributed by atoms with Crippen molar-refractivity contribution in [1.82, 2.24) is 4.31 Å². The molecule has 0 aromatic heterocycles. The minimum absolute atomic E-state index is 0.507. The van der Waals surface area contributed by atoms with Crippen LogP contribution in [0.25, 0.3) is 0 Å². The lowest BCUT2D eigenvalue weighted by Crippen LogP contribution is -2.33. The summed E-state index contributed by atoms with van der Waals surface area (Å²) in [5.74, 6) is 0. The molecular formula is C12H21N3O2S. The molecule has 5 nitrogen and oxygen atoms in total. The maximum atomic E-state index is 12.0. The molecule has 0 fully saturated rings. The van der Waals surface area contributed by atoms with Crippen LogP contribution in [0.1, 0.15) is 25.3 Å². The van der Waals surface area contributed by atoms with Gasteiger partial charge in [-0.3, -0.25) is 4.72 Å². The first-order valence-electron chi connectivity index (χ1n) is 5.97. The molecule has 0 aliphatic rings. The lowest BCUT2D eigenvalue weighted by Gasteiger charge is -2.19. The lowest BCUT2D eigenvalue weighted by molar-refractivity contribution is 0.463. The average Bonchev–Trinajstić information content (AvgIpc) is 2.31. The SMILES string of the molecule is CCCCN(C)S(=O)(=O)Nc1cccc(N)c1C. The molecule has 18 heavy (non-hydrogen) atoms. The largest absolute Gasteiger partial charge is 0.398 e. The molecule has 0 spiro atoms. The summed E-state index contributed by atoms with van der Waals surface area (Å²) in [6.07, 6.45) is 1.80. The van der Waals surface area contributed by atoms with Crippen LogP contribution in [0.4, 0.5) is 11.4 Å². The van der Waals surface area contributed by atoms with Crippen LogP contribution in [0.5, 0.6) is 0 Å². The van der Waals surface area contributed by atoms with E-state index in [1.165, 1.54) is 4.31 Å². The number of nitrogen functional groups attached to an aromatic ring is 1. The molecule has 1 rings (SSSR count). The Bertz CT molecular complexity index is 500. The molecular weight excluding hydrogens is 250 g/mol. The molecule has 3 N–H and O–H groups in total. The van der Waals surface area contributed by atoms with Crippen molar-refractivity contribution in [1.29, 1.82) is 0 Å². The molecule has 0 saturated heterocycles. The van der Waals surface area contributed by atoms with E-state index >= 15 is 0 Å². The number of rotatable bonds is 6. The van der Waals surface area contributed by atoms with Crippen molar-refractivity contribution < 1.29 is 8.42 Å². The fraction of sp³-hybridized carbons (Fsp3) is 0.500. The summed E-state index contributed by atoms with van der Waals surface area (Å²) in [7, 11) is -1.93. The van der Waals surface area contributed by atoms with E-state index in [4.69, 9.17) is 5.73 Å². The highest BCUT2D eigenvalue weighted by molar-refractivity contribution is 7.90. The van der Waals surface area contributed by atoms with Gasteiger partial charge in [-0.1, -0.05) is 19.4 Å². The second-order valence-corrected chi connectivity index (χ2v) is 6.08. The number of unbranched alkanes of at least 4 members (excludes halogenated alkanes) is 1. The van der Waals surface area contributed by atoms with Crippen molar-refractivity contribution >= 4 is 21.6 Å². The normalized spacial score (nSPS) is 11.8. The molecule has 6 heteroatoms. The highest BCUT2D eigenvalue weighted by Crippen LogP contribution is 2.22. The van der Waals surface area contributed by atoms with Gasteiger partial charge in [-0.05, 0) is 31.0 Å². The highest BCUT2D eigenvalue weighted by atomic mass is 32.2. The van der Waals surface area contributed by atoms with E-state index in [0.29, 0.717) is 17.9 Å². The average molecular weight is 271 g/mol. The van der Waals surface area contributed by atoms with Crippen LogP contribution >= 0.6 is 0 Å². The Hall–Kier alpha value is -1.27. The van der Waals surface area contributed by atoms with E-state index in [1.807, 2.05) is 6.92 Å². The number of benzene rings is 1. The Morgan fingerprint density at radius 3 is 2.67 bits per heavy atom. The van der Waals surface area contributed by atoms with Crippen molar-refractivity contribution in [3.8, 4) is 0 Å². The van der Waals surface area contributed by atoms with Gasteiger partial charge in [0.25, 0.3) is 0 Å². The first-order valence-corrected chi connectivity index (χ1v) is 7.41. The van der Waals surface area contributed by atoms with Gasteiger partial charge in [0.2, 0.25) is 0 Å². The third-order valence-corrected chi connectivity index (χ3v) is 4.33. The molecule has 1 aromatic rings. The monoisotopic (exact) mass is 271 g/mol. The molecule has 102 valence electrons. The maximum absolute atomic E-state index is 12.0. The fourth-order valence-electron chi connectivity index (χ4n) is 1.48. The molecule has 0 aliphatic carbocycles. The number of hydrogen-bond donors (Lipinski definition) is 2. The zero-order valence-corrected chi connectivity index (χ0v) is 11.9. The smallest absolute Gasteiger partial charge is 0.301 e. The van der Waals surface area contributed by atoms with Crippen LogP contribution < -0.4 is 10.5 Å². The molecule has 1 aromatic carbocycles. The summed E-state index contributed by atoms with van der Waals surface area (Å²) in [6.45, 7) is 4.32. The quantitative estimate of drug-likeness (QED) is 0.777. The molecule has 0 amide bonds. The first-order chi connectivity index (χ1) is 8.38. The Balaban J connectivity index is 2.85. The number of nitrogens with two attached hydrogens (primary N) is 1. The summed E-state index contributed by atoms with van der Waals surface area (Å²) < 4.78 is 28.0. The minimum Gasteiger partial charge on any atom is -0.398 e. The molecule has 0 aliphatic heterocycles. The lowest BCUT2D eigenvalue weighted by atomic mass is 10.2. The number of hydrogen-bond acceptors (Lipinski definition) is 3. The molecule has 0 saturated carbocycles. The Labute approximate surface area is 109 Å². The molecule has 0 radical (unpaired) electrons.